The van der Waals surface area contributed by atoms with Crippen LogP contribution in [0.1, 0.15) is 38.7 Å². The number of rotatable bonds is 4. The molecule has 0 unspecified atom stereocenters. The Hall–Kier alpha value is -1.51. The number of benzene rings is 1. The number of hydrogen-bond acceptors (Lipinski definition) is 2. The van der Waals surface area contributed by atoms with Gasteiger partial charge in [0, 0.05) is 13.1 Å². The van der Waals surface area contributed by atoms with Crippen molar-refractivity contribution < 1.29 is 9.53 Å². The van der Waals surface area contributed by atoms with Crippen LogP contribution < -0.4 is 4.74 Å². The van der Waals surface area contributed by atoms with E-state index in [0.717, 1.165) is 30.8 Å². The smallest absolute Gasteiger partial charge is 0.263 e. The van der Waals surface area contributed by atoms with Crippen molar-refractivity contribution in [3.63, 3.8) is 0 Å². The lowest BCUT2D eigenvalue weighted by atomic mass is 9.99. The number of likely N-dealkylation sites (tertiary alicyclic amines) is 1. The van der Waals surface area contributed by atoms with Crippen LogP contribution in [-0.4, -0.2) is 30.0 Å². The fourth-order valence-electron chi connectivity index (χ4n) is 2.74. The van der Waals surface area contributed by atoms with E-state index in [-0.39, 0.29) is 12.0 Å². The molecule has 2 rings (SSSR count). The zero-order valence-corrected chi connectivity index (χ0v) is 12.8. The van der Waals surface area contributed by atoms with Gasteiger partial charge in [-0.2, -0.15) is 0 Å². The summed E-state index contributed by atoms with van der Waals surface area (Å²) < 4.78 is 5.95. The summed E-state index contributed by atoms with van der Waals surface area (Å²) in [5.74, 6) is 1.56. The van der Waals surface area contributed by atoms with E-state index >= 15 is 0 Å². The van der Waals surface area contributed by atoms with Gasteiger partial charge in [-0.25, -0.2) is 0 Å². The zero-order valence-electron chi connectivity index (χ0n) is 12.8. The molecule has 1 aromatic rings. The van der Waals surface area contributed by atoms with E-state index < -0.39 is 0 Å². The summed E-state index contributed by atoms with van der Waals surface area (Å²) in [5, 5.41) is 0. The van der Waals surface area contributed by atoms with Crippen molar-refractivity contribution in [1.82, 2.24) is 4.90 Å². The molecule has 3 heteroatoms. The predicted molar refractivity (Wildman–Crippen MR) is 80.9 cm³/mol. The van der Waals surface area contributed by atoms with Gasteiger partial charge in [-0.15, -0.1) is 0 Å². The summed E-state index contributed by atoms with van der Waals surface area (Å²) >= 11 is 0. The molecule has 2 atom stereocenters. The Morgan fingerprint density at radius 3 is 2.85 bits per heavy atom. The molecule has 0 saturated carbocycles. The Morgan fingerprint density at radius 2 is 2.20 bits per heavy atom. The van der Waals surface area contributed by atoms with Gasteiger partial charge in [-0.05, 0) is 43.7 Å². The third kappa shape index (κ3) is 3.53. The number of amides is 1. The second-order valence-electron chi connectivity index (χ2n) is 5.81. The highest BCUT2D eigenvalue weighted by atomic mass is 16.5. The van der Waals surface area contributed by atoms with Gasteiger partial charge in [0.05, 0.1) is 0 Å². The van der Waals surface area contributed by atoms with E-state index in [9.17, 15) is 4.79 Å². The Morgan fingerprint density at radius 1 is 1.45 bits per heavy atom. The highest BCUT2D eigenvalue weighted by Gasteiger charge is 2.28. The van der Waals surface area contributed by atoms with Crippen molar-refractivity contribution >= 4 is 5.91 Å². The molecule has 0 bridgehead atoms. The van der Waals surface area contributed by atoms with Gasteiger partial charge >= 0.3 is 0 Å². The fourth-order valence-corrected chi connectivity index (χ4v) is 2.74. The number of piperidine rings is 1. The summed E-state index contributed by atoms with van der Waals surface area (Å²) in [6.07, 6.45) is 2.67. The number of carbonyl (C=O) groups excluding carboxylic acids is 1. The van der Waals surface area contributed by atoms with Gasteiger partial charge in [0.25, 0.3) is 5.91 Å². The molecule has 1 fully saturated rings. The average Bonchev–Trinajstić information content (AvgIpc) is 2.46. The van der Waals surface area contributed by atoms with Gasteiger partial charge in [0.1, 0.15) is 5.75 Å². The van der Waals surface area contributed by atoms with E-state index in [1.165, 1.54) is 6.42 Å². The molecule has 1 heterocycles. The van der Waals surface area contributed by atoms with Crippen molar-refractivity contribution in [2.24, 2.45) is 5.92 Å². The largest absolute Gasteiger partial charge is 0.480 e. The molecule has 0 aliphatic carbocycles. The Balaban J connectivity index is 2.04. The molecule has 1 aliphatic rings. The molecule has 1 saturated heterocycles. The summed E-state index contributed by atoms with van der Waals surface area (Å²) in [6.45, 7) is 7.97. The number of ether oxygens (including phenoxy) is 1. The maximum Gasteiger partial charge on any atom is 0.263 e. The van der Waals surface area contributed by atoms with Crippen molar-refractivity contribution in [3.05, 3.63) is 29.8 Å². The number of nitrogens with zero attached hydrogens (tertiary/aromatic N) is 1. The molecule has 1 amide bonds. The predicted octanol–water partition coefficient (Wildman–Crippen LogP) is 3.41. The van der Waals surface area contributed by atoms with Crippen LogP contribution in [0.15, 0.2) is 24.3 Å². The average molecular weight is 275 g/mol. The molecule has 0 N–H and O–H groups in total. The van der Waals surface area contributed by atoms with Crippen LogP contribution in [0, 0.1) is 12.8 Å². The van der Waals surface area contributed by atoms with Crippen LogP contribution >= 0.6 is 0 Å². The third-order valence-corrected chi connectivity index (χ3v) is 3.98. The summed E-state index contributed by atoms with van der Waals surface area (Å²) in [7, 11) is 0. The van der Waals surface area contributed by atoms with Crippen LogP contribution in [0.5, 0.6) is 5.75 Å². The van der Waals surface area contributed by atoms with Gasteiger partial charge in [-0.3, -0.25) is 4.79 Å². The summed E-state index contributed by atoms with van der Waals surface area (Å²) in [5.41, 5.74) is 1.07. The minimum Gasteiger partial charge on any atom is -0.480 e. The molecule has 1 aliphatic heterocycles. The van der Waals surface area contributed by atoms with E-state index in [4.69, 9.17) is 4.74 Å². The number of hydrogen-bond donors (Lipinski definition) is 0. The fraction of sp³-hybridized carbons (Fsp3) is 0.588. The lowest BCUT2D eigenvalue weighted by Crippen LogP contribution is -2.46. The van der Waals surface area contributed by atoms with Gasteiger partial charge < -0.3 is 9.64 Å². The molecule has 110 valence electrons. The Labute approximate surface area is 121 Å². The Bertz CT molecular complexity index is 458. The molecular weight excluding hydrogens is 250 g/mol. The maximum absolute atomic E-state index is 12.6. The first-order valence-electron chi connectivity index (χ1n) is 7.63. The van der Waals surface area contributed by atoms with Crippen LogP contribution in [0.3, 0.4) is 0 Å². The molecule has 0 aromatic heterocycles. The lowest BCUT2D eigenvalue weighted by molar-refractivity contribution is -0.140. The van der Waals surface area contributed by atoms with Crippen molar-refractivity contribution in [1.29, 1.82) is 0 Å². The first-order chi connectivity index (χ1) is 9.61. The molecule has 0 spiro atoms. The third-order valence-electron chi connectivity index (χ3n) is 3.98. The summed E-state index contributed by atoms with van der Waals surface area (Å²) in [6, 6.07) is 7.87. The highest BCUT2D eigenvalue weighted by molar-refractivity contribution is 5.81. The molecular formula is C17H25NO2. The van der Waals surface area contributed by atoms with E-state index in [0.29, 0.717) is 12.3 Å². The minimum atomic E-state index is -0.360. The standard InChI is InChI=1S/C17H25NO2/c1-4-15(20-16-10-6-5-9-14(16)3)17(19)18-11-7-8-13(2)12-18/h5-6,9-10,13,15H,4,7-8,11-12H2,1-3H3/t13-,15+/m0/s1. The van der Waals surface area contributed by atoms with Crippen molar-refractivity contribution in [2.75, 3.05) is 13.1 Å². The number of para-hydroxylation sites is 1. The zero-order chi connectivity index (χ0) is 14.5. The molecule has 1 aromatic carbocycles. The number of aryl methyl sites for hydroxylation is 1. The van der Waals surface area contributed by atoms with Crippen LogP contribution in [-0.2, 0) is 4.79 Å². The van der Waals surface area contributed by atoms with Gasteiger partial charge in [0.2, 0.25) is 0 Å². The topological polar surface area (TPSA) is 29.5 Å². The SMILES string of the molecule is CC[C@@H](Oc1ccccc1C)C(=O)N1CCC[C@H](C)C1. The van der Waals surface area contributed by atoms with Crippen molar-refractivity contribution in [2.45, 2.75) is 46.1 Å². The number of carbonyl (C=O) groups is 1. The van der Waals surface area contributed by atoms with E-state index in [1.807, 2.05) is 43.0 Å². The van der Waals surface area contributed by atoms with Crippen LogP contribution in [0.25, 0.3) is 0 Å². The van der Waals surface area contributed by atoms with Crippen LogP contribution in [0.2, 0.25) is 0 Å². The van der Waals surface area contributed by atoms with Crippen molar-refractivity contribution in [3.8, 4) is 5.75 Å². The first-order valence-corrected chi connectivity index (χ1v) is 7.63. The van der Waals surface area contributed by atoms with E-state index in [2.05, 4.69) is 6.92 Å². The second kappa shape index (κ2) is 6.78. The maximum atomic E-state index is 12.6. The van der Waals surface area contributed by atoms with Gasteiger partial charge in [0.15, 0.2) is 6.10 Å². The molecule has 0 radical (unpaired) electrons. The molecule has 20 heavy (non-hydrogen) atoms. The monoisotopic (exact) mass is 275 g/mol. The summed E-state index contributed by atoms with van der Waals surface area (Å²) in [4.78, 5) is 14.6. The van der Waals surface area contributed by atoms with E-state index in [1.54, 1.807) is 0 Å². The molecule has 3 nitrogen and oxygen atoms in total. The normalized spacial score (nSPS) is 20.6. The minimum absolute atomic E-state index is 0.141. The van der Waals surface area contributed by atoms with Crippen LogP contribution in [0.4, 0.5) is 0 Å². The second-order valence-corrected chi connectivity index (χ2v) is 5.81. The first kappa shape index (κ1) is 14.9. The highest BCUT2D eigenvalue weighted by Crippen LogP contribution is 2.22. The van der Waals surface area contributed by atoms with Gasteiger partial charge in [-0.1, -0.05) is 32.0 Å². The Kier molecular flexibility index (Phi) is 5.05. The lowest BCUT2D eigenvalue weighted by Gasteiger charge is -2.33. The quantitative estimate of drug-likeness (QED) is 0.842.